The molecule has 2 aromatic rings. The van der Waals surface area contributed by atoms with E-state index in [0.29, 0.717) is 36.6 Å². The number of carboxylic acids is 1. The number of likely N-dealkylation sites (N-methyl/N-ethyl adjacent to an activating group) is 1. The number of rotatable bonds is 8. The molecule has 0 bridgehead atoms. The summed E-state index contributed by atoms with van der Waals surface area (Å²) >= 11 is 0. The van der Waals surface area contributed by atoms with Gasteiger partial charge in [0.05, 0.1) is 11.6 Å². The Bertz CT molecular complexity index is 1190. The van der Waals surface area contributed by atoms with Crippen LogP contribution in [0.25, 0.3) is 0 Å². The number of hydrogen-bond donors (Lipinski definition) is 2. The maximum atomic E-state index is 13.0. The van der Waals surface area contributed by atoms with Gasteiger partial charge in [-0.05, 0) is 55.0 Å². The number of fused-ring (bicyclic) bond motifs is 2. The number of aromatic nitrogens is 1. The fraction of sp³-hybridized carbons (Fsp3) is 0.462. The van der Waals surface area contributed by atoms with Crippen molar-refractivity contribution in [2.45, 2.75) is 31.6 Å². The first-order valence-corrected chi connectivity index (χ1v) is 12.4. The van der Waals surface area contributed by atoms with Gasteiger partial charge in [-0.1, -0.05) is 12.1 Å². The molecule has 10 heteroatoms. The summed E-state index contributed by atoms with van der Waals surface area (Å²) < 4.78 is 5.51. The van der Waals surface area contributed by atoms with E-state index in [1.165, 1.54) is 10.5 Å². The fourth-order valence-corrected chi connectivity index (χ4v) is 5.03. The zero-order valence-electron chi connectivity index (χ0n) is 20.4. The second-order valence-corrected chi connectivity index (χ2v) is 9.52. The first-order valence-electron chi connectivity index (χ1n) is 12.4. The SMILES string of the molecule is CN1C(=O)COc2cc([C@H](CN3CCN(CCCc4ccc5c(n4)NCCC5)C3=O)C(=O)O)ccc21. The normalized spacial score (nSPS) is 17.9. The molecule has 2 N–H and O–H groups in total. The van der Waals surface area contributed by atoms with Crippen molar-refractivity contribution in [3.05, 3.63) is 47.2 Å². The Morgan fingerprint density at radius 3 is 2.86 bits per heavy atom. The third-order valence-corrected chi connectivity index (χ3v) is 7.17. The topological polar surface area (TPSA) is 115 Å². The Morgan fingerprint density at radius 2 is 2.03 bits per heavy atom. The van der Waals surface area contributed by atoms with Crippen LogP contribution in [0.15, 0.2) is 30.3 Å². The van der Waals surface area contributed by atoms with Crippen LogP contribution in [-0.2, 0) is 22.4 Å². The number of amides is 3. The number of carbonyl (C=O) groups is 3. The number of urea groups is 1. The van der Waals surface area contributed by atoms with Gasteiger partial charge in [0.2, 0.25) is 0 Å². The Labute approximate surface area is 209 Å². The van der Waals surface area contributed by atoms with Crippen molar-refractivity contribution >= 4 is 29.4 Å². The van der Waals surface area contributed by atoms with Crippen molar-refractivity contribution in [3.8, 4) is 5.75 Å². The Kier molecular flexibility index (Phi) is 6.67. The number of anilines is 2. The highest BCUT2D eigenvalue weighted by Gasteiger charge is 2.33. The molecule has 0 saturated carbocycles. The molecule has 3 aliphatic rings. The molecule has 0 unspecified atom stereocenters. The average Bonchev–Trinajstić information content (AvgIpc) is 3.23. The lowest BCUT2D eigenvalue weighted by Gasteiger charge is -2.27. The van der Waals surface area contributed by atoms with Crippen molar-refractivity contribution in [2.75, 3.05) is 56.6 Å². The smallest absolute Gasteiger partial charge is 0.320 e. The van der Waals surface area contributed by atoms with Crippen molar-refractivity contribution < 1.29 is 24.2 Å². The molecular weight excluding hydrogens is 462 g/mol. The highest BCUT2D eigenvalue weighted by Crippen LogP contribution is 2.34. The molecule has 1 saturated heterocycles. The first-order chi connectivity index (χ1) is 17.4. The van der Waals surface area contributed by atoms with Gasteiger partial charge < -0.3 is 29.9 Å². The van der Waals surface area contributed by atoms with Crippen LogP contribution in [-0.4, -0.2) is 84.2 Å². The van der Waals surface area contributed by atoms with Crippen LogP contribution in [0.5, 0.6) is 5.75 Å². The molecule has 5 rings (SSSR count). The molecule has 3 amide bonds. The van der Waals surface area contributed by atoms with Gasteiger partial charge in [-0.15, -0.1) is 0 Å². The van der Waals surface area contributed by atoms with Gasteiger partial charge in [-0.3, -0.25) is 9.59 Å². The van der Waals surface area contributed by atoms with Gasteiger partial charge in [-0.25, -0.2) is 9.78 Å². The van der Waals surface area contributed by atoms with E-state index < -0.39 is 11.9 Å². The average molecular weight is 494 g/mol. The summed E-state index contributed by atoms with van der Waals surface area (Å²) in [5.74, 6) is -0.604. The lowest BCUT2D eigenvalue weighted by Crippen LogP contribution is -2.37. The molecule has 0 aliphatic carbocycles. The lowest BCUT2D eigenvalue weighted by atomic mass is 9.97. The molecule has 10 nitrogen and oxygen atoms in total. The minimum Gasteiger partial charge on any atom is -0.482 e. The number of nitrogens with one attached hydrogen (secondary N) is 1. The van der Waals surface area contributed by atoms with Crippen molar-refractivity contribution in [1.82, 2.24) is 14.8 Å². The highest BCUT2D eigenvalue weighted by molar-refractivity contribution is 5.97. The van der Waals surface area contributed by atoms with Crippen LogP contribution < -0.4 is 15.0 Å². The van der Waals surface area contributed by atoms with Crippen LogP contribution in [0.4, 0.5) is 16.3 Å². The molecule has 3 aliphatic heterocycles. The van der Waals surface area contributed by atoms with Crippen LogP contribution in [0.1, 0.15) is 35.6 Å². The predicted octanol–water partition coefficient (Wildman–Crippen LogP) is 2.33. The third kappa shape index (κ3) is 4.80. The molecule has 1 aromatic heterocycles. The van der Waals surface area contributed by atoms with E-state index in [-0.39, 0.29) is 25.1 Å². The number of aliphatic carboxylic acids is 1. The summed E-state index contributed by atoms with van der Waals surface area (Å²) in [6.07, 6.45) is 3.76. The van der Waals surface area contributed by atoms with E-state index in [1.54, 1.807) is 35.0 Å². The summed E-state index contributed by atoms with van der Waals surface area (Å²) in [5.41, 5.74) is 3.42. The maximum absolute atomic E-state index is 13.0. The van der Waals surface area contributed by atoms with E-state index in [0.717, 1.165) is 43.7 Å². The monoisotopic (exact) mass is 493 g/mol. The Balaban J connectivity index is 1.18. The second kappa shape index (κ2) is 10.0. The van der Waals surface area contributed by atoms with E-state index >= 15 is 0 Å². The zero-order valence-corrected chi connectivity index (χ0v) is 20.4. The van der Waals surface area contributed by atoms with Gasteiger partial charge in [0, 0.05) is 45.5 Å². The number of aryl methyl sites for hydroxylation is 2. The Morgan fingerprint density at radius 1 is 1.19 bits per heavy atom. The maximum Gasteiger partial charge on any atom is 0.320 e. The van der Waals surface area contributed by atoms with E-state index in [4.69, 9.17) is 9.72 Å². The van der Waals surface area contributed by atoms with Gasteiger partial charge in [0.15, 0.2) is 6.61 Å². The molecule has 0 radical (unpaired) electrons. The summed E-state index contributed by atoms with van der Waals surface area (Å²) in [5, 5.41) is 13.3. The molecule has 1 atom stereocenters. The number of hydrogen-bond acceptors (Lipinski definition) is 6. The number of ether oxygens (including phenoxy) is 1. The molecule has 36 heavy (non-hydrogen) atoms. The van der Waals surface area contributed by atoms with E-state index in [2.05, 4.69) is 17.4 Å². The molecule has 0 spiro atoms. The zero-order chi connectivity index (χ0) is 25.2. The van der Waals surface area contributed by atoms with Gasteiger partial charge in [-0.2, -0.15) is 0 Å². The number of nitrogens with zero attached hydrogens (tertiary/aromatic N) is 4. The quantitative estimate of drug-likeness (QED) is 0.580. The first kappa shape index (κ1) is 23.9. The predicted molar refractivity (Wildman–Crippen MR) is 134 cm³/mol. The molecule has 4 heterocycles. The summed E-state index contributed by atoms with van der Waals surface area (Å²) in [6.45, 7) is 2.62. The third-order valence-electron chi connectivity index (χ3n) is 7.17. The summed E-state index contributed by atoms with van der Waals surface area (Å²) in [4.78, 5) is 46.6. The fourth-order valence-electron chi connectivity index (χ4n) is 5.03. The van der Waals surface area contributed by atoms with Crippen LogP contribution in [0, 0.1) is 0 Å². The molecule has 1 aromatic carbocycles. The van der Waals surface area contributed by atoms with Crippen molar-refractivity contribution in [3.63, 3.8) is 0 Å². The largest absolute Gasteiger partial charge is 0.482 e. The van der Waals surface area contributed by atoms with Crippen LogP contribution >= 0.6 is 0 Å². The highest BCUT2D eigenvalue weighted by atomic mass is 16.5. The molecule has 1 fully saturated rings. The summed E-state index contributed by atoms with van der Waals surface area (Å²) in [6, 6.07) is 9.11. The number of carbonyl (C=O) groups excluding carboxylic acids is 2. The minimum absolute atomic E-state index is 0.0796. The number of benzene rings is 1. The minimum atomic E-state index is -1.01. The number of carboxylic acid groups (broad SMARTS) is 1. The second-order valence-electron chi connectivity index (χ2n) is 9.52. The molecular formula is C26H31N5O5. The van der Waals surface area contributed by atoms with Crippen molar-refractivity contribution in [1.29, 1.82) is 0 Å². The van der Waals surface area contributed by atoms with Gasteiger partial charge in [0.1, 0.15) is 11.6 Å². The van der Waals surface area contributed by atoms with Crippen LogP contribution in [0.3, 0.4) is 0 Å². The molecule has 190 valence electrons. The lowest BCUT2D eigenvalue weighted by molar-refractivity contribution is -0.139. The number of pyridine rings is 1. The Hall–Kier alpha value is -3.82. The summed E-state index contributed by atoms with van der Waals surface area (Å²) in [7, 11) is 1.66. The standard InChI is InChI=1S/C26H31N5O5/c1-29-21-9-7-18(14-22(21)36-16-23(29)32)20(25(33)34)15-31-13-12-30(26(31)35)11-3-5-19-8-6-17-4-2-10-27-24(17)28-19/h6-9,14,20H,2-5,10-13,15-16H2,1H3,(H,27,28)(H,33,34)/t20-/m0/s1. The van der Waals surface area contributed by atoms with Gasteiger partial charge >= 0.3 is 12.0 Å². The van der Waals surface area contributed by atoms with E-state index in [9.17, 15) is 19.5 Å². The van der Waals surface area contributed by atoms with Crippen LogP contribution in [0.2, 0.25) is 0 Å². The van der Waals surface area contributed by atoms with E-state index in [1.807, 2.05) is 0 Å². The van der Waals surface area contributed by atoms with Crippen molar-refractivity contribution in [2.24, 2.45) is 0 Å². The van der Waals surface area contributed by atoms with Gasteiger partial charge in [0.25, 0.3) is 5.91 Å².